The molecule has 1 aromatic heterocycles. The van der Waals surface area contributed by atoms with Crippen molar-refractivity contribution in [2.24, 2.45) is 17.6 Å². The van der Waals surface area contributed by atoms with Crippen LogP contribution in [0.2, 0.25) is 0 Å². The van der Waals surface area contributed by atoms with Crippen molar-refractivity contribution in [2.45, 2.75) is 50.8 Å². The second kappa shape index (κ2) is 8.64. The van der Waals surface area contributed by atoms with Gasteiger partial charge in [-0.05, 0) is 73.8 Å². The number of primary amides is 1. The van der Waals surface area contributed by atoms with Gasteiger partial charge in [0.25, 0.3) is 0 Å². The van der Waals surface area contributed by atoms with Gasteiger partial charge in [-0.1, -0.05) is 0 Å². The molecule has 7 rings (SSSR count). The van der Waals surface area contributed by atoms with Crippen molar-refractivity contribution in [3.8, 4) is 0 Å². The quantitative estimate of drug-likeness (QED) is 0.722. The average Bonchev–Trinajstić information content (AvgIpc) is 3.26. The van der Waals surface area contributed by atoms with E-state index in [1.54, 1.807) is 6.07 Å². The Morgan fingerprint density at radius 3 is 2.62 bits per heavy atom. The lowest BCUT2D eigenvalue weighted by atomic mass is 9.71. The van der Waals surface area contributed by atoms with Gasteiger partial charge in [-0.25, -0.2) is 14.2 Å². The van der Waals surface area contributed by atoms with Gasteiger partial charge in [-0.3, -0.25) is 0 Å². The van der Waals surface area contributed by atoms with E-state index >= 15 is 0 Å². The lowest BCUT2D eigenvalue weighted by Crippen LogP contribution is -2.50. The maximum absolute atomic E-state index is 14.4. The molecule has 5 aliphatic rings. The van der Waals surface area contributed by atoms with Crippen LogP contribution in [0.15, 0.2) is 36.5 Å². The highest BCUT2D eigenvalue weighted by molar-refractivity contribution is 5.64. The predicted octanol–water partition coefficient (Wildman–Crippen LogP) is 3.91. The third kappa shape index (κ3) is 4.03. The standard InChI is InChI=1S/C26H32FN5O2/c27-20-10-19(16-34-26(28)33)11-22(12-20)31-6-1-2-23-24(31)4-7-32(23)25-13-21(3-5-29-25)30-14-17-8-18(9-17)15-30/h3,5,10-13,17-18,23-24H,1-2,4,6-9,14-16H2,(H2,28,33)/t17?,18?,23-,24-/m1/s1. The van der Waals surface area contributed by atoms with Gasteiger partial charge < -0.3 is 25.2 Å². The van der Waals surface area contributed by atoms with Crippen LogP contribution in [-0.2, 0) is 11.3 Å². The number of fused-ring (bicyclic) bond motifs is 3. The van der Waals surface area contributed by atoms with Crippen molar-refractivity contribution in [2.75, 3.05) is 40.9 Å². The highest BCUT2D eigenvalue weighted by Gasteiger charge is 2.41. The Morgan fingerprint density at radius 2 is 1.82 bits per heavy atom. The number of benzene rings is 1. The Labute approximate surface area is 199 Å². The van der Waals surface area contributed by atoms with Gasteiger partial charge in [0, 0.05) is 49.8 Å². The largest absolute Gasteiger partial charge is 0.445 e. The Balaban J connectivity index is 1.21. The fourth-order valence-corrected chi connectivity index (χ4v) is 6.67. The number of ether oxygens (including phenoxy) is 1. The molecule has 4 aliphatic heterocycles. The summed E-state index contributed by atoms with van der Waals surface area (Å²) in [6.07, 6.45) is 7.05. The molecule has 2 atom stereocenters. The minimum atomic E-state index is -0.855. The number of halogens is 1. The molecular weight excluding hydrogens is 433 g/mol. The number of aromatic nitrogens is 1. The molecule has 1 aliphatic carbocycles. The highest BCUT2D eigenvalue weighted by Crippen LogP contribution is 2.42. The van der Waals surface area contributed by atoms with Crippen LogP contribution in [-0.4, -0.2) is 49.3 Å². The molecule has 2 bridgehead atoms. The number of pyridine rings is 1. The number of hydrogen-bond acceptors (Lipinski definition) is 6. The first-order chi connectivity index (χ1) is 16.5. The van der Waals surface area contributed by atoms with Gasteiger partial charge in [0.15, 0.2) is 0 Å². The summed E-state index contributed by atoms with van der Waals surface area (Å²) in [5.74, 6) is 2.46. The number of rotatable bonds is 5. The summed E-state index contributed by atoms with van der Waals surface area (Å²) in [6.45, 7) is 4.14. The molecule has 0 unspecified atom stereocenters. The zero-order chi connectivity index (χ0) is 23.2. The molecule has 1 amide bonds. The smallest absolute Gasteiger partial charge is 0.404 e. The summed E-state index contributed by atoms with van der Waals surface area (Å²) in [7, 11) is 0. The van der Waals surface area contributed by atoms with Crippen LogP contribution in [0.3, 0.4) is 0 Å². The lowest BCUT2D eigenvalue weighted by Gasteiger charge is -2.48. The van der Waals surface area contributed by atoms with Crippen molar-refractivity contribution < 1.29 is 13.9 Å². The average molecular weight is 466 g/mol. The summed E-state index contributed by atoms with van der Waals surface area (Å²) < 4.78 is 19.3. The summed E-state index contributed by atoms with van der Waals surface area (Å²) in [5.41, 5.74) is 7.83. The molecule has 1 aromatic carbocycles. The van der Waals surface area contributed by atoms with Crippen LogP contribution in [0.5, 0.6) is 0 Å². The molecule has 2 aromatic rings. The predicted molar refractivity (Wildman–Crippen MR) is 130 cm³/mol. The second-order valence-electron chi connectivity index (χ2n) is 10.4. The fourth-order valence-electron chi connectivity index (χ4n) is 6.67. The molecule has 2 N–H and O–H groups in total. The molecule has 8 heteroatoms. The highest BCUT2D eigenvalue weighted by atomic mass is 19.1. The number of amides is 1. The number of carbonyl (C=O) groups is 1. The Kier molecular flexibility index (Phi) is 5.46. The number of piperidine rings is 3. The maximum Gasteiger partial charge on any atom is 0.404 e. The first-order valence-electron chi connectivity index (χ1n) is 12.5. The number of carbonyl (C=O) groups excluding carboxylic acids is 1. The molecule has 0 spiro atoms. The summed E-state index contributed by atoms with van der Waals surface area (Å²) in [4.78, 5) is 23.1. The van der Waals surface area contributed by atoms with Crippen molar-refractivity contribution >= 4 is 23.3 Å². The Hall–Kier alpha value is -3.03. The molecular formula is C26H32FN5O2. The first kappa shape index (κ1) is 21.5. The van der Waals surface area contributed by atoms with E-state index in [4.69, 9.17) is 15.5 Å². The molecule has 7 nitrogen and oxygen atoms in total. The third-order valence-corrected chi connectivity index (χ3v) is 8.14. The molecule has 1 saturated carbocycles. The van der Waals surface area contributed by atoms with Crippen molar-refractivity contribution in [1.29, 1.82) is 0 Å². The maximum atomic E-state index is 14.4. The van der Waals surface area contributed by atoms with Gasteiger partial charge in [0.1, 0.15) is 18.2 Å². The van der Waals surface area contributed by atoms with Crippen molar-refractivity contribution in [1.82, 2.24) is 4.98 Å². The van der Waals surface area contributed by atoms with E-state index in [2.05, 4.69) is 26.8 Å². The van der Waals surface area contributed by atoms with Gasteiger partial charge >= 0.3 is 6.09 Å². The monoisotopic (exact) mass is 465 g/mol. The number of hydrogen-bond donors (Lipinski definition) is 1. The van der Waals surface area contributed by atoms with Gasteiger partial charge in [-0.15, -0.1) is 0 Å². The van der Waals surface area contributed by atoms with Crippen LogP contribution in [0.1, 0.15) is 37.7 Å². The van der Waals surface area contributed by atoms with Crippen LogP contribution in [0.4, 0.5) is 26.4 Å². The SMILES string of the molecule is NC(=O)OCc1cc(F)cc(N2CCC[C@@H]3[C@H]2CCN3c2cc(N3CC4CC(C4)C3)ccn2)c1. The van der Waals surface area contributed by atoms with Crippen LogP contribution >= 0.6 is 0 Å². The van der Waals surface area contributed by atoms with E-state index in [1.165, 1.54) is 37.7 Å². The van der Waals surface area contributed by atoms with Crippen LogP contribution < -0.4 is 20.4 Å². The van der Waals surface area contributed by atoms with Crippen molar-refractivity contribution in [3.63, 3.8) is 0 Å². The van der Waals surface area contributed by atoms with E-state index in [0.717, 1.165) is 55.7 Å². The summed E-state index contributed by atoms with van der Waals surface area (Å²) in [5, 5.41) is 0. The normalized spacial score (nSPS) is 27.9. The molecule has 34 heavy (non-hydrogen) atoms. The van der Waals surface area contributed by atoms with Gasteiger partial charge in [0.05, 0.1) is 12.1 Å². The Bertz CT molecular complexity index is 1060. The van der Waals surface area contributed by atoms with E-state index in [1.807, 2.05) is 12.3 Å². The number of nitrogens with two attached hydrogens (primary N) is 1. The van der Waals surface area contributed by atoms with Crippen molar-refractivity contribution in [3.05, 3.63) is 47.9 Å². The van der Waals surface area contributed by atoms with E-state index in [0.29, 0.717) is 17.6 Å². The zero-order valence-corrected chi connectivity index (χ0v) is 19.4. The molecule has 4 saturated heterocycles. The van der Waals surface area contributed by atoms with E-state index < -0.39 is 6.09 Å². The molecule has 180 valence electrons. The fraction of sp³-hybridized carbons (Fsp3) is 0.538. The third-order valence-electron chi connectivity index (χ3n) is 8.14. The molecule has 5 heterocycles. The van der Waals surface area contributed by atoms with Gasteiger partial charge in [-0.2, -0.15) is 0 Å². The number of anilines is 3. The molecule has 0 radical (unpaired) electrons. The van der Waals surface area contributed by atoms with E-state index in [9.17, 15) is 9.18 Å². The summed E-state index contributed by atoms with van der Waals surface area (Å²) >= 11 is 0. The van der Waals surface area contributed by atoms with E-state index in [-0.39, 0.29) is 12.4 Å². The zero-order valence-electron chi connectivity index (χ0n) is 19.4. The minimum absolute atomic E-state index is 0.0247. The first-order valence-corrected chi connectivity index (χ1v) is 12.5. The Morgan fingerprint density at radius 1 is 1.03 bits per heavy atom. The van der Waals surface area contributed by atoms with Crippen LogP contribution in [0.25, 0.3) is 0 Å². The number of nitrogens with zero attached hydrogens (tertiary/aromatic N) is 4. The topological polar surface area (TPSA) is 74.9 Å². The van der Waals surface area contributed by atoms with Crippen LogP contribution in [0, 0.1) is 17.7 Å². The van der Waals surface area contributed by atoms with Gasteiger partial charge in [0.2, 0.25) is 0 Å². The molecule has 5 fully saturated rings. The summed E-state index contributed by atoms with van der Waals surface area (Å²) in [6, 6.07) is 9.96. The lowest BCUT2D eigenvalue weighted by molar-refractivity contribution is 0.150. The second-order valence-corrected chi connectivity index (χ2v) is 10.4. The minimum Gasteiger partial charge on any atom is -0.445 e.